The van der Waals surface area contributed by atoms with Gasteiger partial charge in [-0.25, -0.2) is 0 Å². The Balaban J connectivity index is 1.52. The highest BCUT2D eigenvalue weighted by Gasteiger charge is 2.34. The van der Waals surface area contributed by atoms with Crippen molar-refractivity contribution in [1.29, 1.82) is 0 Å². The van der Waals surface area contributed by atoms with Crippen LogP contribution in [0.5, 0.6) is 11.5 Å². The molecule has 1 fully saturated rings. The van der Waals surface area contributed by atoms with Crippen LogP contribution in [0.15, 0.2) is 47.0 Å². The Hall–Kier alpha value is -3.06. The summed E-state index contributed by atoms with van der Waals surface area (Å²) in [6, 6.07) is 12.5. The third kappa shape index (κ3) is 4.26. The molecule has 0 saturated carbocycles. The standard InChI is InChI=1S/C22H22ClN3O4/c1-28-17-9-14(10-18(13-17)29-2)11-20(27)26-8-4-7-19(26)22-24-21(25-30-22)15-5-3-6-16(23)12-15/h3,5-6,9-10,12-13,19H,4,7-8,11H2,1-2H3. The second-order valence-corrected chi connectivity index (χ2v) is 7.55. The average Bonchev–Trinajstić information content (AvgIpc) is 3.43. The molecule has 1 aliphatic rings. The van der Waals surface area contributed by atoms with Crippen LogP contribution >= 0.6 is 11.6 Å². The highest BCUT2D eigenvalue weighted by molar-refractivity contribution is 6.30. The van der Waals surface area contributed by atoms with Crippen LogP contribution < -0.4 is 9.47 Å². The Morgan fingerprint density at radius 3 is 2.67 bits per heavy atom. The van der Waals surface area contributed by atoms with Gasteiger partial charge in [-0.1, -0.05) is 28.9 Å². The van der Waals surface area contributed by atoms with Gasteiger partial charge < -0.3 is 18.9 Å². The first kappa shape index (κ1) is 20.2. The van der Waals surface area contributed by atoms with E-state index in [9.17, 15) is 4.79 Å². The molecule has 2 heterocycles. The molecular weight excluding hydrogens is 406 g/mol. The number of nitrogens with zero attached hydrogens (tertiary/aromatic N) is 3. The minimum absolute atomic E-state index is 0.00434. The zero-order chi connectivity index (χ0) is 21.1. The van der Waals surface area contributed by atoms with Gasteiger partial charge in [-0.3, -0.25) is 4.79 Å². The van der Waals surface area contributed by atoms with Crippen molar-refractivity contribution in [2.24, 2.45) is 0 Å². The van der Waals surface area contributed by atoms with E-state index in [0.717, 1.165) is 24.0 Å². The van der Waals surface area contributed by atoms with Gasteiger partial charge in [0.05, 0.1) is 20.6 Å². The van der Waals surface area contributed by atoms with Gasteiger partial charge in [0, 0.05) is 23.2 Å². The Kier molecular flexibility index (Phi) is 5.90. The fraction of sp³-hybridized carbons (Fsp3) is 0.318. The molecule has 2 aromatic carbocycles. The quantitative estimate of drug-likeness (QED) is 0.583. The molecule has 1 saturated heterocycles. The maximum Gasteiger partial charge on any atom is 0.249 e. The average molecular weight is 428 g/mol. The molecular formula is C22H22ClN3O4. The van der Waals surface area contributed by atoms with Crippen LogP contribution in [0.3, 0.4) is 0 Å². The van der Waals surface area contributed by atoms with Crippen LogP contribution in [-0.4, -0.2) is 41.7 Å². The number of carbonyl (C=O) groups excluding carboxylic acids is 1. The molecule has 3 aromatic rings. The molecule has 30 heavy (non-hydrogen) atoms. The maximum atomic E-state index is 13.1. The Bertz CT molecular complexity index is 1030. The minimum atomic E-state index is -0.231. The van der Waals surface area contributed by atoms with Gasteiger partial charge in [-0.05, 0) is 42.7 Å². The van der Waals surface area contributed by atoms with Gasteiger partial charge in [0.2, 0.25) is 17.6 Å². The molecule has 1 amide bonds. The van der Waals surface area contributed by atoms with Crippen LogP contribution in [-0.2, 0) is 11.2 Å². The lowest BCUT2D eigenvalue weighted by atomic mass is 10.1. The monoisotopic (exact) mass is 427 g/mol. The number of carbonyl (C=O) groups is 1. The highest BCUT2D eigenvalue weighted by atomic mass is 35.5. The van der Waals surface area contributed by atoms with Crippen LogP contribution in [0.25, 0.3) is 11.4 Å². The third-order valence-electron chi connectivity index (χ3n) is 5.15. The topological polar surface area (TPSA) is 77.7 Å². The number of likely N-dealkylation sites (tertiary alicyclic amines) is 1. The Labute approximate surface area is 179 Å². The molecule has 0 bridgehead atoms. The lowest BCUT2D eigenvalue weighted by Crippen LogP contribution is -2.32. The number of hydrogen-bond donors (Lipinski definition) is 0. The second kappa shape index (κ2) is 8.75. The molecule has 1 unspecified atom stereocenters. The van der Waals surface area contributed by atoms with Crippen LogP contribution in [0, 0.1) is 0 Å². The summed E-state index contributed by atoms with van der Waals surface area (Å²) < 4.78 is 16.1. The van der Waals surface area contributed by atoms with E-state index in [0.29, 0.717) is 34.8 Å². The van der Waals surface area contributed by atoms with Crippen molar-refractivity contribution in [3.05, 3.63) is 58.9 Å². The molecule has 1 aliphatic heterocycles. The van der Waals surface area contributed by atoms with Crippen LogP contribution in [0.1, 0.15) is 30.3 Å². The van der Waals surface area contributed by atoms with E-state index in [4.69, 9.17) is 25.6 Å². The van der Waals surface area contributed by atoms with Gasteiger partial charge in [0.15, 0.2) is 0 Å². The Morgan fingerprint density at radius 2 is 1.97 bits per heavy atom. The number of ether oxygens (including phenoxy) is 2. The number of rotatable bonds is 6. The predicted molar refractivity (Wildman–Crippen MR) is 112 cm³/mol. The van der Waals surface area contributed by atoms with Gasteiger partial charge in [-0.15, -0.1) is 0 Å². The molecule has 0 N–H and O–H groups in total. The number of amides is 1. The SMILES string of the molecule is COc1cc(CC(=O)N2CCCC2c2nc(-c3cccc(Cl)c3)no2)cc(OC)c1. The molecule has 7 nitrogen and oxygen atoms in total. The van der Waals surface area contributed by atoms with Crippen LogP contribution in [0.2, 0.25) is 5.02 Å². The smallest absolute Gasteiger partial charge is 0.249 e. The maximum absolute atomic E-state index is 13.1. The van der Waals surface area contributed by atoms with E-state index >= 15 is 0 Å². The fourth-order valence-electron chi connectivity index (χ4n) is 3.68. The van der Waals surface area contributed by atoms with Gasteiger partial charge >= 0.3 is 0 Å². The Morgan fingerprint density at radius 1 is 1.20 bits per heavy atom. The number of hydrogen-bond acceptors (Lipinski definition) is 6. The number of halogens is 1. The summed E-state index contributed by atoms with van der Waals surface area (Å²) in [5.41, 5.74) is 1.60. The summed E-state index contributed by atoms with van der Waals surface area (Å²) in [5, 5.41) is 4.68. The molecule has 8 heteroatoms. The van der Waals surface area contributed by atoms with Gasteiger partial charge in [-0.2, -0.15) is 4.98 Å². The minimum Gasteiger partial charge on any atom is -0.497 e. The normalized spacial score (nSPS) is 16.0. The highest BCUT2D eigenvalue weighted by Crippen LogP contribution is 2.33. The first-order valence-corrected chi connectivity index (χ1v) is 10.1. The number of methoxy groups -OCH3 is 2. The third-order valence-corrected chi connectivity index (χ3v) is 5.38. The lowest BCUT2D eigenvalue weighted by molar-refractivity contribution is -0.131. The summed E-state index contributed by atoms with van der Waals surface area (Å²) >= 11 is 6.06. The van der Waals surface area contributed by atoms with Crippen molar-refractivity contribution in [3.8, 4) is 22.9 Å². The second-order valence-electron chi connectivity index (χ2n) is 7.11. The molecule has 1 aromatic heterocycles. The lowest BCUT2D eigenvalue weighted by Gasteiger charge is -2.22. The van der Waals surface area contributed by atoms with Crippen molar-refractivity contribution in [1.82, 2.24) is 15.0 Å². The van der Waals surface area contributed by atoms with E-state index in [2.05, 4.69) is 10.1 Å². The first-order valence-electron chi connectivity index (χ1n) is 9.68. The molecule has 4 rings (SSSR count). The van der Waals surface area contributed by atoms with Crippen molar-refractivity contribution < 1.29 is 18.8 Å². The number of aromatic nitrogens is 2. The zero-order valence-corrected chi connectivity index (χ0v) is 17.6. The zero-order valence-electron chi connectivity index (χ0n) is 16.8. The summed E-state index contributed by atoms with van der Waals surface area (Å²) in [5.74, 6) is 2.20. The van der Waals surface area contributed by atoms with Crippen molar-refractivity contribution in [2.45, 2.75) is 25.3 Å². The van der Waals surface area contributed by atoms with Crippen LogP contribution in [0.4, 0.5) is 0 Å². The number of benzene rings is 2. The van der Waals surface area contributed by atoms with Gasteiger partial charge in [0.1, 0.15) is 17.5 Å². The van der Waals surface area contributed by atoms with E-state index in [1.165, 1.54) is 0 Å². The van der Waals surface area contributed by atoms with Crippen molar-refractivity contribution in [2.75, 3.05) is 20.8 Å². The van der Waals surface area contributed by atoms with E-state index in [1.54, 1.807) is 37.3 Å². The molecule has 156 valence electrons. The van der Waals surface area contributed by atoms with Crippen molar-refractivity contribution >= 4 is 17.5 Å². The first-order chi connectivity index (χ1) is 14.6. The summed E-state index contributed by atoms with van der Waals surface area (Å²) in [7, 11) is 3.17. The van der Waals surface area contributed by atoms with Gasteiger partial charge in [0.25, 0.3) is 0 Å². The summed E-state index contributed by atoms with van der Waals surface area (Å²) in [6.45, 7) is 0.652. The summed E-state index contributed by atoms with van der Waals surface area (Å²) in [6.07, 6.45) is 1.90. The van der Waals surface area contributed by atoms with E-state index < -0.39 is 0 Å². The summed E-state index contributed by atoms with van der Waals surface area (Å²) in [4.78, 5) is 19.4. The molecule has 1 atom stereocenters. The molecule has 0 spiro atoms. The largest absolute Gasteiger partial charge is 0.497 e. The predicted octanol–water partition coefficient (Wildman–Crippen LogP) is 4.31. The van der Waals surface area contributed by atoms with E-state index in [1.807, 2.05) is 24.3 Å². The fourth-order valence-corrected chi connectivity index (χ4v) is 3.87. The molecule has 0 aliphatic carbocycles. The van der Waals surface area contributed by atoms with Crippen molar-refractivity contribution in [3.63, 3.8) is 0 Å². The molecule has 0 radical (unpaired) electrons. The van der Waals surface area contributed by atoms with E-state index in [-0.39, 0.29) is 18.4 Å².